The first-order chi connectivity index (χ1) is 14.9. The average molecular weight is 439 g/mol. The maximum Gasteiger partial charge on any atom is 0.494 e. The molecule has 0 bridgehead atoms. The fourth-order valence-corrected chi connectivity index (χ4v) is 3.25. The Bertz CT molecular complexity index is 1020. The van der Waals surface area contributed by atoms with Crippen LogP contribution in [0.1, 0.15) is 43.6 Å². The molecule has 0 spiro atoms. The van der Waals surface area contributed by atoms with E-state index in [0.717, 1.165) is 17.1 Å². The number of benzene rings is 2. The van der Waals surface area contributed by atoms with Crippen molar-refractivity contribution in [2.24, 2.45) is 5.73 Å². The minimum atomic E-state index is -0.982. The van der Waals surface area contributed by atoms with Crippen LogP contribution >= 0.6 is 0 Å². The molecule has 32 heavy (non-hydrogen) atoms. The summed E-state index contributed by atoms with van der Waals surface area (Å²) in [4.78, 5) is 34.8. The van der Waals surface area contributed by atoms with Gasteiger partial charge in [0, 0.05) is 24.1 Å². The van der Waals surface area contributed by atoms with E-state index < -0.39 is 41.1 Å². The molecular formula is C22H26BN3O6. The third-order valence-electron chi connectivity index (χ3n) is 5.91. The van der Waals surface area contributed by atoms with Crippen LogP contribution in [0.3, 0.4) is 0 Å². The Labute approximate surface area is 186 Å². The van der Waals surface area contributed by atoms with Crippen molar-refractivity contribution in [3.8, 4) is 0 Å². The highest BCUT2D eigenvalue weighted by Crippen LogP contribution is 2.36. The van der Waals surface area contributed by atoms with E-state index in [2.05, 4.69) is 5.32 Å². The molecule has 1 atom stereocenters. The zero-order valence-corrected chi connectivity index (χ0v) is 18.5. The number of primary amides is 1. The molecule has 168 valence electrons. The third kappa shape index (κ3) is 4.97. The maximum atomic E-state index is 12.5. The Morgan fingerprint density at radius 3 is 2.22 bits per heavy atom. The van der Waals surface area contributed by atoms with Crippen molar-refractivity contribution < 1.29 is 23.8 Å². The highest BCUT2D eigenvalue weighted by Gasteiger charge is 2.51. The highest BCUT2D eigenvalue weighted by atomic mass is 16.7. The summed E-state index contributed by atoms with van der Waals surface area (Å²) in [7, 11) is -0.505. The quantitative estimate of drug-likeness (QED) is 0.383. The molecule has 2 amide bonds. The Hall–Kier alpha value is -3.24. The van der Waals surface area contributed by atoms with Gasteiger partial charge < -0.3 is 20.4 Å². The van der Waals surface area contributed by atoms with Gasteiger partial charge in [-0.05, 0) is 44.8 Å². The number of nitrogens with zero attached hydrogens (tertiary/aromatic N) is 1. The number of amides is 2. The summed E-state index contributed by atoms with van der Waals surface area (Å²) >= 11 is 0. The molecule has 1 heterocycles. The van der Waals surface area contributed by atoms with Crippen molar-refractivity contribution in [3.05, 3.63) is 69.8 Å². The lowest BCUT2D eigenvalue weighted by molar-refractivity contribution is -0.384. The number of hydrogen-bond acceptors (Lipinski definition) is 6. The minimum absolute atomic E-state index is 0.0709. The second-order valence-corrected chi connectivity index (χ2v) is 8.77. The Morgan fingerprint density at radius 2 is 1.69 bits per heavy atom. The van der Waals surface area contributed by atoms with Crippen LogP contribution in [0.4, 0.5) is 5.69 Å². The highest BCUT2D eigenvalue weighted by molar-refractivity contribution is 6.62. The number of nitro groups is 1. The average Bonchev–Trinajstić information content (AvgIpc) is 2.95. The number of non-ortho nitro benzene ring substituents is 1. The predicted octanol–water partition coefficient (Wildman–Crippen LogP) is 1.72. The molecule has 3 N–H and O–H groups in total. The zero-order valence-electron chi connectivity index (χ0n) is 18.5. The van der Waals surface area contributed by atoms with Crippen molar-refractivity contribution in [1.82, 2.24) is 5.32 Å². The molecule has 1 aliphatic heterocycles. The molecule has 0 saturated carbocycles. The number of nitrogens with one attached hydrogen (secondary N) is 1. The molecule has 1 aliphatic rings. The van der Waals surface area contributed by atoms with Crippen LogP contribution in [0.25, 0.3) is 0 Å². The lowest BCUT2D eigenvalue weighted by Gasteiger charge is -2.32. The molecule has 0 unspecified atom stereocenters. The molecule has 1 fully saturated rings. The van der Waals surface area contributed by atoms with Crippen molar-refractivity contribution in [1.29, 1.82) is 0 Å². The molecule has 1 saturated heterocycles. The molecule has 9 nitrogen and oxygen atoms in total. The van der Waals surface area contributed by atoms with Gasteiger partial charge >= 0.3 is 7.12 Å². The normalized spacial score (nSPS) is 17.6. The Balaban J connectivity index is 1.69. The van der Waals surface area contributed by atoms with Gasteiger partial charge in [-0.3, -0.25) is 19.7 Å². The van der Waals surface area contributed by atoms with Crippen molar-refractivity contribution >= 4 is 30.1 Å². The van der Waals surface area contributed by atoms with Gasteiger partial charge in [-0.1, -0.05) is 30.3 Å². The summed E-state index contributed by atoms with van der Waals surface area (Å²) in [6.07, 6.45) is 0.166. The van der Waals surface area contributed by atoms with Crippen LogP contribution in [0.15, 0.2) is 48.5 Å². The number of nitrogens with two attached hydrogens (primary N) is 1. The largest absolute Gasteiger partial charge is 0.494 e. The summed E-state index contributed by atoms with van der Waals surface area (Å²) < 4.78 is 12.1. The second-order valence-electron chi connectivity index (χ2n) is 8.77. The standard InChI is InChI=1S/C22H26BN3O6/c1-21(2)22(3,4)32-23(31-21)16-10-8-14(9-11-16)12-18(19(24)27)25-20(28)15-6-5-7-17(13-15)26(29)30/h5-11,13,18H,12H2,1-4H3,(H2,24,27)(H,25,28)/t18-/m1/s1. The van der Waals surface area contributed by atoms with Gasteiger partial charge in [0.1, 0.15) is 6.04 Å². The molecule has 2 aromatic rings. The monoisotopic (exact) mass is 439 g/mol. The van der Waals surface area contributed by atoms with Crippen LogP contribution in [0.5, 0.6) is 0 Å². The number of carbonyl (C=O) groups excluding carboxylic acids is 2. The van der Waals surface area contributed by atoms with Crippen LogP contribution in [-0.2, 0) is 20.5 Å². The van der Waals surface area contributed by atoms with E-state index >= 15 is 0 Å². The van der Waals surface area contributed by atoms with Gasteiger partial charge in [0.15, 0.2) is 0 Å². The zero-order chi connectivity index (χ0) is 23.7. The lowest BCUT2D eigenvalue weighted by atomic mass is 9.78. The van der Waals surface area contributed by atoms with Crippen molar-refractivity contribution in [2.75, 3.05) is 0 Å². The number of carbonyl (C=O) groups is 2. The van der Waals surface area contributed by atoms with E-state index in [1.165, 1.54) is 18.2 Å². The Kier molecular flexibility index (Phi) is 6.38. The number of rotatable bonds is 7. The molecular weight excluding hydrogens is 413 g/mol. The van der Waals surface area contributed by atoms with Gasteiger partial charge in [0.2, 0.25) is 5.91 Å². The van der Waals surface area contributed by atoms with E-state index in [1.54, 1.807) is 0 Å². The summed E-state index contributed by atoms with van der Waals surface area (Å²) in [5, 5.41) is 13.5. The van der Waals surface area contributed by atoms with Gasteiger partial charge in [0.05, 0.1) is 16.1 Å². The topological polar surface area (TPSA) is 134 Å². The van der Waals surface area contributed by atoms with Gasteiger partial charge in [0.25, 0.3) is 11.6 Å². The number of nitro benzene ring substituents is 1. The van der Waals surface area contributed by atoms with Crippen LogP contribution in [0, 0.1) is 10.1 Å². The summed E-state index contributed by atoms with van der Waals surface area (Å²) in [5.74, 6) is -1.33. The van der Waals surface area contributed by atoms with Crippen LogP contribution < -0.4 is 16.5 Å². The van der Waals surface area contributed by atoms with E-state index in [4.69, 9.17) is 15.0 Å². The van der Waals surface area contributed by atoms with E-state index in [0.29, 0.717) is 0 Å². The minimum Gasteiger partial charge on any atom is -0.399 e. The smallest absolute Gasteiger partial charge is 0.399 e. The van der Waals surface area contributed by atoms with Crippen molar-refractivity contribution in [3.63, 3.8) is 0 Å². The second kappa shape index (κ2) is 8.72. The first kappa shape index (κ1) is 23.4. The maximum absolute atomic E-state index is 12.5. The molecule has 10 heteroatoms. The van der Waals surface area contributed by atoms with E-state index in [1.807, 2.05) is 52.0 Å². The molecule has 3 rings (SSSR count). The summed E-state index contributed by atoms with van der Waals surface area (Å²) in [5.41, 5.74) is 6.03. The molecule has 0 radical (unpaired) electrons. The summed E-state index contributed by atoms with van der Waals surface area (Å²) in [6.45, 7) is 7.90. The third-order valence-corrected chi connectivity index (χ3v) is 5.91. The molecule has 2 aromatic carbocycles. The summed E-state index contributed by atoms with van der Waals surface area (Å²) in [6, 6.07) is 11.6. The molecule has 0 aromatic heterocycles. The van der Waals surface area contributed by atoms with Gasteiger partial charge in [-0.15, -0.1) is 0 Å². The first-order valence-electron chi connectivity index (χ1n) is 10.2. The fourth-order valence-electron chi connectivity index (χ4n) is 3.25. The number of hydrogen-bond donors (Lipinski definition) is 2. The van der Waals surface area contributed by atoms with Gasteiger partial charge in [-0.2, -0.15) is 0 Å². The fraction of sp³-hybridized carbons (Fsp3) is 0.364. The van der Waals surface area contributed by atoms with Crippen molar-refractivity contribution in [2.45, 2.75) is 51.4 Å². The predicted molar refractivity (Wildman–Crippen MR) is 119 cm³/mol. The Morgan fingerprint density at radius 1 is 1.09 bits per heavy atom. The van der Waals surface area contributed by atoms with E-state index in [9.17, 15) is 19.7 Å². The van der Waals surface area contributed by atoms with Gasteiger partial charge in [-0.25, -0.2) is 0 Å². The SMILES string of the molecule is CC1(C)OB(c2ccc(C[C@@H](NC(=O)c3cccc([N+](=O)[O-])c3)C(N)=O)cc2)OC1(C)C. The lowest BCUT2D eigenvalue weighted by Crippen LogP contribution is -2.46. The van der Waals surface area contributed by atoms with Crippen LogP contribution in [0.2, 0.25) is 0 Å². The first-order valence-corrected chi connectivity index (χ1v) is 10.2. The van der Waals surface area contributed by atoms with Crippen LogP contribution in [-0.4, -0.2) is 41.1 Å². The molecule has 0 aliphatic carbocycles. The van der Waals surface area contributed by atoms with E-state index in [-0.39, 0.29) is 17.7 Å².